The average Bonchev–Trinajstić information content (AvgIpc) is 3.55. The highest BCUT2D eigenvalue weighted by Gasteiger charge is 2.44. The van der Waals surface area contributed by atoms with Crippen LogP contribution < -0.4 is 14.4 Å². The van der Waals surface area contributed by atoms with Gasteiger partial charge in [-0.1, -0.05) is 6.07 Å². The minimum absolute atomic E-state index is 0.317. The van der Waals surface area contributed by atoms with Crippen LogP contribution in [0.4, 0.5) is 5.82 Å². The molecule has 0 radical (unpaired) electrons. The zero-order chi connectivity index (χ0) is 26.5. The molecule has 5 aromatic heterocycles. The van der Waals surface area contributed by atoms with E-state index in [-0.39, 0.29) is 0 Å². The first-order valence-electron chi connectivity index (χ1n) is 13.0. The first-order chi connectivity index (χ1) is 19.1. The van der Waals surface area contributed by atoms with E-state index in [1.54, 1.807) is 11.6 Å². The number of hydrogen-bond donors (Lipinski definition) is 1. The summed E-state index contributed by atoms with van der Waals surface area (Å²) in [6.07, 6.45) is 6.84. The third-order valence-electron chi connectivity index (χ3n) is 7.73. The number of aromatic amines is 1. The molecule has 0 amide bonds. The van der Waals surface area contributed by atoms with Crippen molar-refractivity contribution in [3.05, 3.63) is 60.2 Å². The summed E-state index contributed by atoms with van der Waals surface area (Å²) in [6, 6.07) is 13.3. The minimum atomic E-state index is 0.317. The molecule has 5 aromatic rings. The molecule has 8 rings (SSSR count). The lowest BCUT2D eigenvalue weighted by molar-refractivity contribution is -0.00876. The number of H-pyrrole nitrogens is 1. The molecular formula is C28H27N9O2. The van der Waals surface area contributed by atoms with E-state index in [0.717, 1.165) is 42.1 Å². The molecule has 196 valence electrons. The minimum Gasteiger partial charge on any atom is -0.492 e. The van der Waals surface area contributed by atoms with Crippen LogP contribution in [0.2, 0.25) is 0 Å². The molecule has 2 atom stereocenters. The first kappa shape index (κ1) is 23.4. The van der Waals surface area contributed by atoms with Crippen molar-refractivity contribution >= 4 is 22.4 Å². The lowest BCUT2D eigenvalue weighted by Gasteiger charge is -2.56. The molecule has 39 heavy (non-hydrogen) atoms. The van der Waals surface area contributed by atoms with Gasteiger partial charge >= 0.3 is 0 Å². The van der Waals surface area contributed by atoms with Gasteiger partial charge in [0.2, 0.25) is 5.88 Å². The van der Waals surface area contributed by atoms with Gasteiger partial charge in [0.1, 0.15) is 17.6 Å². The Balaban J connectivity index is 1.14. The summed E-state index contributed by atoms with van der Waals surface area (Å²) in [6.45, 7) is 5.27. The lowest BCUT2D eigenvalue weighted by Crippen LogP contribution is -2.68. The van der Waals surface area contributed by atoms with Crippen LogP contribution in [0.1, 0.15) is 24.6 Å². The highest BCUT2D eigenvalue weighted by molar-refractivity contribution is 6.03. The number of nitrogens with zero attached hydrogens (tertiary/aromatic N) is 8. The Morgan fingerprint density at radius 3 is 2.69 bits per heavy atom. The van der Waals surface area contributed by atoms with E-state index in [9.17, 15) is 5.26 Å². The molecule has 2 bridgehead atoms. The van der Waals surface area contributed by atoms with Crippen molar-refractivity contribution in [3.8, 4) is 28.8 Å². The molecule has 0 spiro atoms. The molecule has 2 unspecified atom stereocenters. The summed E-state index contributed by atoms with van der Waals surface area (Å²) in [7, 11) is 1.63. The van der Waals surface area contributed by atoms with E-state index in [0.29, 0.717) is 47.0 Å². The van der Waals surface area contributed by atoms with Gasteiger partial charge < -0.3 is 14.4 Å². The smallest absolute Gasteiger partial charge is 0.212 e. The first-order valence-corrected chi connectivity index (χ1v) is 13.0. The molecule has 8 heterocycles. The number of nitriles is 1. The van der Waals surface area contributed by atoms with Gasteiger partial charge in [0.25, 0.3) is 0 Å². The molecule has 3 fully saturated rings. The number of fused-ring (bicyclic) bond motifs is 5. The van der Waals surface area contributed by atoms with Crippen molar-refractivity contribution in [3.63, 3.8) is 0 Å². The molecule has 3 saturated heterocycles. The largest absolute Gasteiger partial charge is 0.492 e. The second-order valence-corrected chi connectivity index (χ2v) is 9.96. The maximum Gasteiger partial charge on any atom is 0.212 e. The third kappa shape index (κ3) is 3.92. The fourth-order valence-corrected chi connectivity index (χ4v) is 5.87. The van der Waals surface area contributed by atoms with Crippen molar-refractivity contribution in [1.82, 2.24) is 34.7 Å². The van der Waals surface area contributed by atoms with Crippen molar-refractivity contribution < 1.29 is 9.47 Å². The Morgan fingerprint density at radius 2 is 2.00 bits per heavy atom. The van der Waals surface area contributed by atoms with Crippen molar-refractivity contribution in [2.75, 3.05) is 31.7 Å². The van der Waals surface area contributed by atoms with Crippen molar-refractivity contribution in [2.45, 2.75) is 32.0 Å². The van der Waals surface area contributed by atoms with Crippen LogP contribution in [0.3, 0.4) is 0 Å². The number of methoxy groups -OCH3 is 1. The summed E-state index contributed by atoms with van der Waals surface area (Å²) in [5.74, 6) is 2.31. The van der Waals surface area contributed by atoms with E-state index >= 15 is 0 Å². The number of piperidine rings is 1. The highest BCUT2D eigenvalue weighted by Crippen LogP contribution is 2.37. The number of rotatable bonds is 7. The molecule has 0 aliphatic carbocycles. The lowest BCUT2D eigenvalue weighted by atomic mass is 9.87. The SMILES string of the molecule is CCOc1cc(-c2ccc(N3CC4CC(C3)N4Cc3ccc(OC)nc3)nc2)c2c3c(C#N)n[nH]c3nn2c1. The number of nitrogens with one attached hydrogen (secondary N) is 1. The summed E-state index contributed by atoms with van der Waals surface area (Å²) in [5, 5.41) is 21.9. The second kappa shape index (κ2) is 9.25. The molecule has 1 N–H and O–H groups in total. The van der Waals surface area contributed by atoms with Crippen LogP contribution in [0, 0.1) is 11.3 Å². The fourth-order valence-electron chi connectivity index (χ4n) is 5.87. The zero-order valence-corrected chi connectivity index (χ0v) is 21.7. The number of anilines is 1. The summed E-state index contributed by atoms with van der Waals surface area (Å²) in [4.78, 5) is 14.1. The summed E-state index contributed by atoms with van der Waals surface area (Å²) < 4.78 is 12.7. The Labute approximate surface area is 224 Å². The van der Waals surface area contributed by atoms with Crippen LogP contribution >= 0.6 is 0 Å². The van der Waals surface area contributed by atoms with Crippen LogP contribution in [0.25, 0.3) is 27.7 Å². The molecule has 3 aliphatic heterocycles. The van der Waals surface area contributed by atoms with Gasteiger partial charge in [0.05, 0.1) is 30.8 Å². The molecule has 11 nitrogen and oxygen atoms in total. The van der Waals surface area contributed by atoms with Gasteiger partial charge in [0, 0.05) is 61.3 Å². The number of piperazine rings is 1. The fraction of sp³-hybridized carbons (Fsp3) is 0.321. The predicted molar refractivity (Wildman–Crippen MR) is 145 cm³/mol. The normalized spacial score (nSPS) is 18.7. The number of ether oxygens (including phenoxy) is 2. The van der Waals surface area contributed by atoms with Gasteiger partial charge in [-0.05, 0) is 37.1 Å². The third-order valence-corrected chi connectivity index (χ3v) is 7.73. The van der Waals surface area contributed by atoms with E-state index in [1.807, 2.05) is 37.6 Å². The predicted octanol–water partition coefficient (Wildman–Crippen LogP) is 3.41. The van der Waals surface area contributed by atoms with E-state index < -0.39 is 0 Å². The van der Waals surface area contributed by atoms with Crippen LogP contribution in [-0.4, -0.2) is 73.6 Å². The number of aromatic nitrogens is 6. The van der Waals surface area contributed by atoms with Crippen LogP contribution in [0.15, 0.2) is 48.9 Å². The van der Waals surface area contributed by atoms with Crippen molar-refractivity contribution in [1.29, 1.82) is 5.26 Å². The summed E-state index contributed by atoms with van der Waals surface area (Å²) in [5.41, 5.74) is 4.70. The number of hydrogen-bond acceptors (Lipinski definition) is 9. The van der Waals surface area contributed by atoms with E-state index in [4.69, 9.17) is 14.5 Å². The molecule has 0 saturated carbocycles. The molecule has 0 aromatic carbocycles. The van der Waals surface area contributed by atoms with Gasteiger partial charge in [-0.25, -0.2) is 14.5 Å². The molecular weight excluding hydrogens is 494 g/mol. The van der Waals surface area contributed by atoms with Crippen LogP contribution in [0.5, 0.6) is 11.6 Å². The zero-order valence-electron chi connectivity index (χ0n) is 21.7. The Bertz CT molecular complexity index is 1690. The van der Waals surface area contributed by atoms with Gasteiger partial charge in [-0.15, -0.1) is 5.10 Å². The Kier molecular flexibility index (Phi) is 5.56. The second-order valence-electron chi connectivity index (χ2n) is 9.96. The molecule has 11 heteroatoms. The number of pyridine rings is 3. The Hall–Kier alpha value is -4.69. The van der Waals surface area contributed by atoms with Crippen LogP contribution in [-0.2, 0) is 6.54 Å². The quantitative estimate of drug-likeness (QED) is 0.343. The van der Waals surface area contributed by atoms with Gasteiger partial charge in [-0.3, -0.25) is 10.00 Å². The molecule has 3 aliphatic rings. The standard InChI is InChI=1S/C28H27N9O2/c1-3-39-21-9-22(27-26-23(10-29)32-33-28(26)34-37(27)16-21)18-5-6-24(30-12-18)35-14-19-8-20(15-35)36(19)13-17-4-7-25(38-2)31-11-17/h4-7,9,11-12,16,19-20H,3,8,13-15H2,1-2H3,(H,33,34). The van der Waals surface area contributed by atoms with Gasteiger partial charge in [-0.2, -0.15) is 10.4 Å². The topological polar surface area (TPSA) is 120 Å². The van der Waals surface area contributed by atoms with Crippen molar-refractivity contribution in [2.24, 2.45) is 0 Å². The van der Waals surface area contributed by atoms with Gasteiger partial charge in [0.15, 0.2) is 11.3 Å². The monoisotopic (exact) mass is 521 g/mol. The maximum absolute atomic E-state index is 9.61. The summed E-state index contributed by atoms with van der Waals surface area (Å²) >= 11 is 0. The van der Waals surface area contributed by atoms with E-state index in [2.05, 4.69) is 54.3 Å². The van der Waals surface area contributed by atoms with E-state index in [1.165, 1.54) is 12.0 Å². The highest BCUT2D eigenvalue weighted by atomic mass is 16.5. The average molecular weight is 522 g/mol. The maximum atomic E-state index is 9.61. The Morgan fingerprint density at radius 1 is 1.13 bits per heavy atom.